The Balaban J connectivity index is 0.000000254. The molecule has 3 aromatic heterocycles. The van der Waals surface area contributed by atoms with Crippen LogP contribution in [0.5, 0.6) is 23.0 Å². The van der Waals surface area contributed by atoms with Gasteiger partial charge < -0.3 is 19.3 Å². The summed E-state index contributed by atoms with van der Waals surface area (Å²) in [5.41, 5.74) is 22.9. The van der Waals surface area contributed by atoms with Crippen molar-refractivity contribution in [2.75, 3.05) is 21.3 Å². The number of fused-ring (bicyclic) bond motifs is 3. The van der Waals surface area contributed by atoms with E-state index in [4.69, 9.17) is 101 Å². The Morgan fingerprint density at radius 1 is 0.382 bits per heavy atom. The molecule has 0 radical (unpaired) electrons. The summed E-state index contributed by atoms with van der Waals surface area (Å²) in [4.78, 5) is 20.4. The van der Waals surface area contributed by atoms with Gasteiger partial charge in [0.1, 0.15) is 34.0 Å². The summed E-state index contributed by atoms with van der Waals surface area (Å²) in [6.07, 6.45) is 12.8. The van der Waals surface area contributed by atoms with Crippen molar-refractivity contribution in [2.24, 2.45) is 9.98 Å². The van der Waals surface area contributed by atoms with Crippen molar-refractivity contribution in [3.63, 3.8) is 0 Å². The molecule has 15 rings (SSSR count). The minimum absolute atomic E-state index is 0.190. The van der Waals surface area contributed by atoms with Crippen LogP contribution < -0.4 is 14.2 Å². The largest absolute Gasteiger partial charge is 0.508 e. The number of aliphatic imine (C=N–C) groups is 2. The third kappa shape index (κ3) is 37.2. The van der Waals surface area contributed by atoms with E-state index in [2.05, 4.69) is 128 Å². The van der Waals surface area contributed by atoms with Crippen molar-refractivity contribution in [1.29, 1.82) is 0 Å². The lowest BCUT2D eigenvalue weighted by Crippen LogP contribution is -1.88. The average Bonchev–Trinajstić information content (AvgIpc) is 1.70. The maximum Gasteiger partial charge on any atom is 0.141 e. The van der Waals surface area contributed by atoms with Crippen LogP contribution in [0.15, 0.2) is 251 Å². The number of aromatic nitrogens is 3. The van der Waals surface area contributed by atoms with Gasteiger partial charge in [0, 0.05) is 45.7 Å². The molecule has 3 aliphatic rings. The van der Waals surface area contributed by atoms with Gasteiger partial charge in [-0.05, 0) is 277 Å². The first-order valence-electron chi connectivity index (χ1n) is 34.9. The summed E-state index contributed by atoms with van der Waals surface area (Å²) in [5.74, 6) is 2.24. The van der Waals surface area contributed by atoms with Gasteiger partial charge in [-0.25, -0.2) is 4.39 Å². The van der Waals surface area contributed by atoms with Gasteiger partial charge in [-0.2, -0.15) is 0 Å². The van der Waals surface area contributed by atoms with Gasteiger partial charge in [0.15, 0.2) is 0 Å². The number of methoxy groups -OCH3 is 3. The highest BCUT2D eigenvalue weighted by molar-refractivity contribution is 9.10. The molecule has 18 heteroatoms. The summed E-state index contributed by atoms with van der Waals surface area (Å²) < 4.78 is 28.2. The summed E-state index contributed by atoms with van der Waals surface area (Å²) in [5, 5.41) is 12.9. The lowest BCUT2D eigenvalue weighted by atomic mass is 10.1. The normalized spacial score (nSPS) is 10.7. The second kappa shape index (κ2) is 50.8. The zero-order valence-corrected chi connectivity index (χ0v) is 72.0. The van der Waals surface area contributed by atoms with E-state index in [-0.39, 0.29) is 10.8 Å². The van der Waals surface area contributed by atoms with Gasteiger partial charge in [0.25, 0.3) is 0 Å². The summed E-state index contributed by atoms with van der Waals surface area (Å²) in [7, 11) is 4.85. The summed E-state index contributed by atoms with van der Waals surface area (Å²) in [6.45, 7) is 27.7. The Kier molecular flexibility index (Phi) is 43.2. The molecule has 110 heavy (non-hydrogen) atoms. The molecule has 0 bridgehead atoms. The first-order valence-corrected chi connectivity index (χ1v) is 38.3. The molecule has 0 saturated heterocycles. The highest BCUT2D eigenvalue weighted by Crippen LogP contribution is 2.28. The van der Waals surface area contributed by atoms with Crippen LogP contribution in [0.2, 0.25) is 30.1 Å². The van der Waals surface area contributed by atoms with Crippen LogP contribution in [0.4, 0.5) is 4.39 Å². The van der Waals surface area contributed by atoms with Crippen LogP contribution in [0.1, 0.15) is 106 Å². The summed E-state index contributed by atoms with van der Waals surface area (Å²) in [6, 6.07) is 67.5. The van der Waals surface area contributed by atoms with Crippen molar-refractivity contribution < 1.29 is 23.7 Å². The number of halogens is 9. The fraction of sp³-hybridized carbons (Fsp3) is 0.207. The second-order valence-electron chi connectivity index (χ2n) is 25.4. The number of phenols is 1. The number of phenolic OH excluding ortho intramolecular Hbond substituents is 1. The third-order valence-electron chi connectivity index (χ3n) is 15.5. The minimum Gasteiger partial charge on any atom is -0.508 e. The van der Waals surface area contributed by atoms with E-state index in [9.17, 15) is 4.39 Å². The van der Waals surface area contributed by atoms with Crippen molar-refractivity contribution in [1.82, 2.24) is 15.0 Å². The molecule has 0 atom stereocenters. The Bertz CT molecular complexity index is 4600. The number of benzene rings is 9. The van der Waals surface area contributed by atoms with Crippen molar-refractivity contribution in [3.8, 4) is 23.0 Å². The lowest BCUT2D eigenvalue weighted by Gasteiger charge is -2.01. The number of rotatable bonds is 3. The molecule has 0 amide bonds. The Hall–Kier alpha value is -8.85. The maximum atomic E-state index is 12.4. The second-order valence-corrected chi connectivity index (χ2v) is 29.1. The van der Waals surface area contributed by atoms with E-state index in [1.54, 1.807) is 64.1 Å². The molecule has 0 unspecified atom stereocenters. The van der Waals surface area contributed by atoms with Crippen LogP contribution in [0, 0.1) is 95.8 Å². The minimum atomic E-state index is -0.359. The maximum absolute atomic E-state index is 12.4. The lowest BCUT2D eigenvalue weighted by molar-refractivity contribution is 0.412. The number of nitrogens with zero attached hydrogens (tertiary/aromatic N) is 5. The third-order valence-corrected chi connectivity index (χ3v) is 18.7. The van der Waals surface area contributed by atoms with E-state index in [1.807, 2.05) is 203 Å². The Morgan fingerprint density at radius 2 is 0.873 bits per heavy atom. The van der Waals surface area contributed by atoms with Crippen molar-refractivity contribution >= 4 is 115 Å². The molecular formula is C92H96BrCl7FN5O4. The van der Waals surface area contributed by atoms with Crippen LogP contribution in [0.25, 0.3) is 6.08 Å². The van der Waals surface area contributed by atoms with E-state index < -0.39 is 0 Å². The molecule has 1 aliphatic carbocycles. The van der Waals surface area contributed by atoms with Crippen LogP contribution in [-0.2, 0) is 19.5 Å². The number of hydrogen-bond donors (Lipinski definition) is 1. The number of pyridine rings is 3. The quantitative estimate of drug-likeness (QED) is 0.188. The number of ether oxygens (including phenoxy) is 3. The van der Waals surface area contributed by atoms with Crippen molar-refractivity contribution in [2.45, 2.75) is 110 Å². The molecule has 9 nitrogen and oxygen atoms in total. The predicted molar refractivity (Wildman–Crippen MR) is 471 cm³/mol. The first kappa shape index (κ1) is 93.5. The fourth-order valence-electron chi connectivity index (χ4n) is 9.37. The monoisotopic (exact) mass is 1680 g/mol. The number of aryl methyl sites for hydroxylation is 13. The standard InChI is InChI=1S/C10H10.C9H8ClN.C9H9N.2C8H9ClO.C7H6BrCl.C7H6Cl2.C7H6ClF.C7H9NO.C7H9N.C7H8O.C6H7N/c1-8-5-6-9-3-2-4-10(9)7-8;1-6-2-3-8-7(4-6)5-11-9(8)10;1-7-2-3-8-5-10-6-9(8)4-7;1-6-3-4-8(10-2)7(9)5-6;1-6-3-4-7(9)8(5-6)10-2;2*1-5-2-3-6(8)7(9)4-5;1-5-2-3-7(9)6(8)4-5;1-6-3-4-7(9-2)5-8-6;1-6-3-4-7(2)8-5-6;1-6-2-4-7(8)5-3-6;1-6-4-2-3-5-7-6/h2-3,5-7H,4H2,1H3;2-4H,5H2,1H3;2-5H,6H2,1H3;2*3-5H,1-2H3;3*2-4H,1H3;3-5H,1-2H3;3-5H,1-2H3;2-5,8H,1H3;2-5H,1H3. The van der Waals surface area contributed by atoms with Gasteiger partial charge in [-0.1, -0.05) is 225 Å². The van der Waals surface area contributed by atoms with E-state index >= 15 is 0 Å². The van der Waals surface area contributed by atoms with E-state index in [1.165, 1.54) is 67.3 Å². The molecule has 576 valence electrons. The van der Waals surface area contributed by atoms with E-state index in [0.29, 0.717) is 31.0 Å². The highest BCUT2D eigenvalue weighted by atomic mass is 79.9. The molecule has 5 heterocycles. The molecular weight excluding hydrogens is 1590 g/mol. The first-order chi connectivity index (χ1) is 52.4. The molecule has 12 aromatic rings. The van der Waals surface area contributed by atoms with Gasteiger partial charge in [-0.15, -0.1) is 0 Å². The van der Waals surface area contributed by atoms with Gasteiger partial charge >= 0.3 is 0 Å². The predicted octanol–water partition coefficient (Wildman–Crippen LogP) is 28.0. The molecule has 1 N–H and O–H groups in total. The van der Waals surface area contributed by atoms with Crippen LogP contribution in [-0.4, -0.2) is 52.8 Å². The van der Waals surface area contributed by atoms with E-state index in [0.717, 1.165) is 91.2 Å². The average molecular weight is 1680 g/mol. The SMILES string of the molecule is COc1cc(C)ccc1Cl.COc1ccc(C)cc1Cl.COc1ccc(C)nc1.Cc1ccc(Br)c(Cl)c1.Cc1ccc(C)nc1.Cc1ccc(Cl)c(Cl)c1.Cc1ccc(F)c(Cl)c1.Cc1ccc(O)cc1.Cc1ccc2c(c1)CC=C2.Cc1ccc2c(c1)CN=C2.Cc1ccc2c(c1)CN=C2Cl.Cc1ccccn1. The van der Waals surface area contributed by atoms with Crippen LogP contribution in [0.3, 0.4) is 0 Å². The fourth-order valence-corrected chi connectivity index (χ4v) is 11.2. The number of hydrogen-bond acceptors (Lipinski definition) is 9. The molecule has 0 saturated carbocycles. The number of allylic oxidation sites excluding steroid dienone is 1. The topological polar surface area (TPSA) is 111 Å². The highest BCUT2D eigenvalue weighted by Gasteiger charge is 2.13. The van der Waals surface area contributed by atoms with Gasteiger partial charge in [-0.3, -0.25) is 24.9 Å². The molecule has 0 fully saturated rings. The van der Waals surface area contributed by atoms with Gasteiger partial charge in [0.05, 0.1) is 70.8 Å². The molecule has 2 aliphatic heterocycles. The van der Waals surface area contributed by atoms with Gasteiger partial charge in [0.2, 0.25) is 0 Å². The Labute approximate surface area is 695 Å². The molecule has 9 aromatic carbocycles. The van der Waals surface area contributed by atoms with Crippen LogP contribution >= 0.6 is 97.1 Å². The summed E-state index contributed by atoms with van der Waals surface area (Å²) >= 11 is 43.3. The molecule has 0 spiro atoms. The zero-order valence-electron chi connectivity index (χ0n) is 65.1. The number of aromatic hydroxyl groups is 1. The Morgan fingerprint density at radius 3 is 1.35 bits per heavy atom. The smallest absolute Gasteiger partial charge is 0.141 e. The van der Waals surface area contributed by atoms with Crippen molar-refractivity contribution in [3.05, 3.63) is 384 Å². The zero-order chi connectivity index (χ0) is 81.2.